The first-order chi connectivity index (χ1) is 16.0. The highest BCUT2D eigenvalue weighted by Gasteiger charge is 2.44. The Morgan fingerprint density at radius 2 is 1.85 bits per heavy atom. The van der Waals surface area contributed by atoms with Crippen molar-refractivity contribution in [2.75, 3.05) is 20.7 Å². The van der Waals surface area contributed by atoms with E-state index in [0.717, 1.165) is 37.8 Å². The van der Waals surface area contributed by atoms with Crippen molar-refractivity contribution in [2.24, 2.45) is 0 Å². The summed E-state index contributed by atoms with van der Waals surface area (Å²) in [5.41, 5.74) is 0.579. The molecule has 1 N–H and O–H groups in total. The van der Waals surface area contributed by atoms with Crippen LogP contribution in [-0.2, 0) is 15.1 Å². The lowest BCUT2D eigenvalue weighted by Crippen LogP contribution is -2.58. The van der Waals surface area contributed by atoms with Crippen molar-refractivity contribution in [3.05, 3.63) is 47.8 Å². The predicted molar refractivity (Wildman–Crippen MR) is 132 cm³/mol. The van der Waals surface area contributed by atoms with Gasteiger partial charge in [0.25, 0.3) is 0 Å². The van der Waals surface area contributed by atoms with Crippen LogP contribution in [0.1, 0.15) is 76.2 Å². The number of amides is 1. The van der Waals surface area contributed by atoms with Crippen LogP contribution in [-0.4, -0.2) is 65.4 Å². The number of hydrazine groups is 1. The van der Waals surface area contributed by atoms with Crippen LogP contribution in [0.25, 0.3) is 0 Å². The molecular formula is C26H40N4O4. The van der Waals surface area contributed by atoms with Gasteiger partial charge in [-0.05, 0) is 71.1 Å². The second-order valence-corrected chi connectivity index (χ2v) is 10.3. The van der Waals surface area contributed by atoms with Crippen molar-refractivity contribution >= 4 is 12.1 Å². The van der Waals surface area contributed by atoms with Crippen LogP contribution in [0.4, 0.5) is 4.79 Å². The Labute approximate surface area is 203 Å². The number of hydrogen-bond acceptors (Lipinski definition) is 7. The zero-order valence-corrected chi connectivity index (χ0v) is 21.6. The number of rotatable bonds is 6. The minimum Gasteiger partial charge on any atom is -0.465 e. The molecule has 1 heterocycles. The highest BCUT2D eigenvalue weighted by atomic mass is 16.6. The van der Waals surface area contributed by atoms with Crippen LogP contribution in [0.3, 0.4) is 0 Å². The zero-order chi connectivity index (χ0) is 25.1. The largest absolute Gasteiger partial charge is 0.465 e. The van der Waals surface area contributed by atoms with Crippen LogP contribution >= 0.6 is 0 Å². The Morgan fingerprint density at radius 3 is 2.44 bits per heavy atom. The van der Waals surface area contributed by atoms with E-state index < -0.39 is 11.3 Å². The Hall–Kier alpha value is -2.74. The minimum atomic E-state index is -0.496. The number of alkyl carbamates (subject to hydrolysis) is 1. The second-order valence-electron chi connectivity index (χ2n) is 10.3. The van der Waals surface area contributed by atoms with Crippen molar-refractivity contribution in [3.8, 4) is 0 Å². The van der Waals surface area contributed by atoms with Gasteiger partial charge < -0.3 is 19.7 Å². The average Bonchev–Trinajstić information content (AvgIpc) is 3.09. The van der Waals surface area contributed by atoms with Crippen molar-refractivity contribution in [1.29, 1.82) is 0 Å². The first-order valence-electron chi connectivity index (χ1n) is 12.1. The highest BCUT2D eigenvalue weighted by molar-refractivity contribution is 5.89. The van der Waals surface area contributed by atoms with E-state index in [1.54, 1.807) is 6.07 Å². The summed E-state index contributed by atoms with van der Waals surface area (Å²) in [6, 6.07) is 8.13. The molecule has 1 saturated carbocycles. The van der Waals surface area contributed by atoms with Crippen molar-refractivity contribution in [2.45, 2.75) is 83.6 Å². The summed E-state index contributed by atoms with van der Waals surface area (Å²) in [6.45, 7) is 10.8. The summed E-state index contributed by atoms with van der Waals surface area (Å²) < 4.78 is 10.4. The van der Waals surface area contributed by atoms with E-state index in [2.05, 4.69) is 59.6 Å². The Balaban J connectivity index is 1.73. The maximum atomic E-state index is 12.2. The minimum absolute atomic E-state index is 0.129. The molecule has 34 heavy (non-hydrogen) atoms. The molecule has 0 spiro atoms. The Kier molecular flexibility index (Phi) is 7.81. The van der Waals surface area contributed by atoms with Gasteiger partial charge in [0.05, 0.1) is 12.7 Å². The third kappa shape index (κ3) is 5.49. The number of hydrogen-bond donors (Lipinski definition) is 1. The summed E-state index contributed by atoms with van der Waals surface area (Å²) in [5, 5.41) is 7.73. The molecule has 0 bridgehead atoms. The van der Waals surface area contributed by atoms with Crippen LogP contribution in [0, 0.1) is 0 Å². The highest BCUT2D eigenvalue weighted by Crippen LogP contribution is 2.40. The van der Waals surface area contributed by atoms with E-state index in [0.29, 0.717) is 11.6 Å². The first-order valence-corrected chi connectivity index (χ1v) is 12.1. The van der Waals surface area contributed by atoms with Gasteiger partial charge in [-0.1, -0.05) is 19.1 Å². The number of nitrogens with zero attached hydrogens (tertiary/aromatic N) is 3. The van der Waals surface area contributed by atoms with Gasteiger partial charge in [0, 0.05) is 38.1 Å². The fraction of sp³-hybridized carbons (Fsp3) is 0.615. The topological polar surface area (TPSA) is 74.4 Å². The standard InChI is InChI=1S/C26H40N4O4/c1-8-29(22-14-12-21(13-15-22)27-24(32)34-25(2,3)4)30-17-16-28(6)26(30,5)20-11-9-10-19(18-20)23(31)33-7/h9-11,16-18,21-22H,8,12-15H2,1-7H3,(H,27,32)/t21-,22-,26?. The smallest absolute Gasteiger partial charge is 0.407 e. The second kappa shape index (κ2) is 10.3. The molecule has 2 aliphatic rings. The number of esters is 1. The van der Waals surface area contributed by atoms with Gasteiger partial charge in [0.1, 0.15) is 11.3 Å². The van der Waals surface area contributed by atoms with Gasteiger partial charge in [-0.3, -0.25) is 5.01 Å². The van der Waals surface area contributed by atoms with Crippen molar-refractivity contribution < 1.29 is 19.1 Å². The lowest BCUT2D eigenvalue weighted by Gasteiger charge is -2.50. The summed E-state index contributed by atoms with van der Waals surface area (Å²) in [7, 11) is 3.45. The number of methoxy groups -OCH3 is 1. The molecule has 8 heteroatoms. The molecule has 0 saturated heterocycles. The monoisotopic (exact) mass is 472 g/mol. The van der Waals surface area contributed by atoms with Gasteiger partial charge in [-0.25, -0.2) is 14.6 Å². The van der Waals surface area contributed by atoms with Crippen LogP contribution in [0.5, 0.6) is 0 Å². The normalized spacial score (nSPS) is 24.9. The maximum Gasteiger partial charge on any atom is 0.407 e. The van der Waals surface area contributed by atoms with Crippen LogP contribution in [0.15, 0.2) is 36.7 Å². The average molecular weight is 473 g/mol. The molecule has 1 unspecified atom stereocenters. The molecule has 1 aromatic rings. The number of nitrogens with one attached hydrogen (secondary N) is 1. The van der Waals surface area contributed by atoms with E-state index in [9.17, 15) is 9.59 Å². The van der Waals surface area contributed by atoms with Gasteiger partial charge in [-0.2, -0.15) is 0 Å². The van der Waals surface area contributed by atoms with Crippen LogP contribution < -0.4 is 5.32 Å². The molecule has 1 aromatic carbocycles. The number of benzene rings is 1. The molecule has 1 atom stereocenters. The van der Waals surface area contributed by atoms with Crippen molar-refractivity contribution in [1.82, 2.24) is 20.2 Å². The summed E-state index contributed by atoms with van der Waals surface area (Å²) in [5.74, 6) is -0.339. The van der Waals surface area contributed by atoms with E-state index in [-0.39, 0.29) is 18.1 Å². The molecule has 1 amide bonds. The third-order valence-electron chi connectivity index (χ3n) is 6.83. The number of carbonyl (C=O) groups excluding carboxylic acids is 2. The Morgan fingerprint density at radius 1 is 1.18 bits per heavy atom. The van der Waals surface area contributed by atoms with Gasteiger partial charge >= 0.3 is 12.1 Å². The van der Waals surface area contributed by atoms with E-state index in [1.165, 1.54) is 7.11 Å². The first kappa shape index (κ1) is 25.9. The summed E-state index contributed by atoms with van der Waals surface area (Å²) in [6.07, 6.45) is 7.60. The SMILES string of the molecule is CCN([C@H]1CC[C@H](NC(=O)OC(C)(C)C)CC1)N1C=CN(C)C1(C)c1cccc(C(=O)OC)c1. The molecular weight excluding hydrogens is 432 g/mol. The molecule has 3 rings (SSSR count). The number of carbonyl (C=O) groups is 2. The van der Waals surface area contributed by atoms with Crippen molar-refractivity contribution in [3.63, 3.8) is 0 Å². The lowest BCUT2D eigenvalue weighted by molar-refractivity contribution is -0.129. The summed E-state index contributed by atoms with van der Waals surface area (Å²) >= 11 is 0. The van der Waals surface area contributed by atoms with Gasteiger partial charge in [0.15, 0.2) is 0 Å². The van der Waals surface area contributed by atoms with Gasteiger partial charge in [-0.15, -0.1) is 0 Å². The molecule has 0 radical (unpaired) electrons. The summed E-state index contributed by atoms with van der Waals surface area (Å²) in [4.78, 5) is 26.5. The van der Waals surface area contributed by atoms with E-state index in [4.69, 9.17) is 9.47 Å². The molecule has 8 nitrogen and oxygen atoms in total. The fourth-order valence-electron chi connectivity index (χ4n) is 4.92. The molecule has 1 aliphatic heterocycles. The third-order valence-corrected chi connectivity index (χ3v) is 6.83. The van der Waals surface area contributed by atoms with E-state index in [1.807, 2.05) is 32.9 Å². The fourth-order valence-corrected chi connectivity index (χ4v) is 4.92. The quantitative estimate of drug-likeness (QED) is 0.614. The lowest BCUT2D eigenvalue weighted by atomic mass is 9.90. The molecule has 1 aliphatic carbocycles. The van der Waals surface area contributed by atoms with Gasteiger partial charge in [0.2, 0.25) is 0 Å². The van der Waals surface area contributed by atoms with E-state index >= 15 is 0 Å². The number of ether oxygens (including phenoxy) is 2. The molecule has 1 fully saturated rings. The molecule has 0 aromatic heterocycles. The van der Waals surface area contributed by atoms with Crippen LogP contribution in [0.2, 0.25) is 0 Å². The molecule has 188 valence electrons. The predicted octanol–water partition coefficient (Wildman–Crippen LogP) is 4.44. The Bertz CT molecular complexity index is 904. The maximum absolute atomic E-state index is 12.2. The zero-order valence-electron chi connectivity index (χ0n) is 21.6.